The highest BCUT2D eigenvalue weighted by molar-refractivity contribution is 5.91. The Bertz CT molecular complexity index is 562. The molecule has 0 aliphatic rings. The number of nitrogens with one attached hydrogen (secondary N) is 1. The van der Waals surface area contributed by atoms with E-state index in [9.17, 15) is 18.0 Å². The first kappa shape index (κ1) is 13.2. The smallest absolute Gasteiger partial charge is 0.416 e. The van der Waals surface area contributed by atoms with E-state index in [2.05, 4.69) is 5.32 Å². The maximum absolute atomic E-state index is 12.5. The second kappa shape index (κ2) is 5.17. The quantitative estimate of drug-likeness (QED) is 0.926. The number of rotatable bonds is 3. The molecular weight excluding hydrogens is 259 g/mol. The van der Waals surface area contributed by atoms with Gasteiger partial charge in [0.2, 0.25) is 5.91 Å². The van der Waals surface area contributed by atoms with Gasteiger partial charge in [-0.2, -0.15) is 13.2 Å². The molecule has 19 heavy (non-hydrogen) atoms. The first-order chi connectivity index (χ1) is 8.95. The Balaban J connectivity index is 2.05. The number of furan rings is 1. The number of carbonyl (C=O) groups excluding carboxylic acids is 1. The van der Waals surface area contributed by atoms with Gasteiger partial charge in [0.15, 0.2) is 0 Å². The molecule has 1 aromatic carbocycles. The Labute approximate surface area is 107 Å². The second-order valence-electron chi connectivity index (χ2n) is 3.88. The van der Waals surface area contributed by atoms with Crippen molar-refractivity contribution in [3.63, 3.8) is 0 Å². The molecule has 0 bridgehead atoms. The van der Waals surface area contributed by atoms with Gasteiger partial charge in [-0.1, -0.05) is 6.07 Å². The van der Waals surface area contributed by atoms with Gasteiger partial charge in [0.1, 0.15) is 5.76 Å². The summed E-state index contributed by atoms with van der Waals surface area (Å²) in [5.74, 6) is 0.0127. The van der Waals surface area contributed by atoms with Crippen molar-refractivity contribution < 1.29 is 22.4 Å². The van der Waals surface area contributed by atoms with E-state index in [0.717, 1.165) is 12.1 Å². The highest BCUT2D eigenvalue weighted by atomic mass is 19.4. The largest absolute Gasteiger partial charge is 0.469 e. The lowest BCUT2D eigenvalue weighted by Gasteiger charge is -2.09. The summed E-state index contributed by atoms with van der Waals surface area (Å²) in [7, 11) is 0. The maximum Gasteiger partial charge on any atom is 0.416 e. The summed E-state index contributed by atoms with van der Waals surface area (Å²) in [6.45, 7) is 0. The van der Waals surface area contributed by atoms with Gasteiger partial charge in [-0.05, 0) is 30.3 Å². The Morgan fingerprint density at radius 3 is 2.63 bits per heavy atom. The summed E-state index contributed by atoms with van der Waals surface area (Å²) in [6.07, 6.45) is -3.03. The molecule has 0 fully saturated rings. The monoisotopic (exact) mass is 269 g/mol. The molecule has 1 heterocycles. The SMILES string of the molecule is O=C(Cc1ccco1)Nc1cccc(C(F)(F)F)c1. The first-order valence-corrected chi connectivity index (χ1v) is 5.44. The van der Waals surface area contributed by atoms with Crippen LogP contribution in [0.3, 0.4) is 0 Å². The van der Waals surface area contributed by atoms with Gasteiger partial charge in [-0.3, -0.25) is 4.79 Å². The average molecular weight is 269 g/mol. The summed E-state index contributed by atoms with van der Waals surface area (Å²) in [6, 6.07) is 7.72. The predicted molar refractivity (Wildman–Crippen MR) is 62.5 cm³/mol. The molecule has 1 N–H and O–H groups in total. The van der Waals surface area contributed by atoms with Gasteiger partial charge in [0, 0.05) is 5.69 Å². The molecule has 0 unspecified atom stereocenters. The van der Waals surface area contributed by atoms with Crippen LogP contribution in [-0.4, -0.2) is 5.91 Å². The fourth-order valence-electron chi connectivity index (χ4n) is 1.55. The minimum absolute atomic E-state index is 0.0246. The summed E-state index contributed by atoms with van der Waals surface area (Å²) in [5, 5.41) is 2.39. The van der Waals surface area contributed by atoms with Crippen molar-refractivity contribution in [3.8, 4) is 0 Å². The third-order valence-electron chi connectivity index (χ3n) is 2.39. The minimum atomic E-state index is -4.43. The Morgan fingerprint density at radius 2 is 2.00 bits per heavy atom. The fraction of sp³-hybridized carbons (Fsp3) is 0.154. The number of amides is 1. The first-order valence-electron chi connectivity index (χ1n) is 5.44. The van der Waals surface area contributed by atoms with Crippen molar-refractivity contribution in [2.24, 2.45) is 0 Å². The van der Waals surface area contributed by atoms with Gasteiger partial charge in [0.25, 0.3) is 0 Å². The Hall–Kier alpha value is -2.24. The molecule has 100 valence electrons. The van der Waals surface area contributed by atoms with Crippen LogP contribution in [0.1, 0.15) is 11.3 Å². The summed E-state index contributed by atoms with van der Waals surface area (Å²) in [4.78, 5) is 11.6. The molecule has 6 heteroatoms. The molecule has 1 amide bonds. The van der Waals surface area contributed by atoms with Gasteiger partial charge >= 0.3 is 6.18 Å². The molecular formula is C13H10F3NO2. The summed E-state index contributed by atoms with van der Waals surface area (Å²) >= 11 is 0. The maximum atomic E-state index is 12.5. The normalized spacial score (nSPS) is 11.3. The fourth-order valence-corrected chi connectivity index (χ4v) is 1.55. The molecule has 0 saturated carbocycles. The third kappa shape index (κ3) is 3.61. The van der Waals surface area contributed by atoms with E-state index in [1.165, 1.54) is 18.4 Å². The van der Waals surface area contributed by atoms with E-state index in [1.54, 1.807) is 12.1 Å². The van der Waals surface area contributed by atoms with E-state index in [4.69, 9.17) is 4.42 Å². The summed E-state index contributed by atoms with van der Waals surface area (Å²) < 4.78 is 42.4. The lowest BCUT2D eigenvalue weighted by molar-refractivity contribution is -0.137. The van der Waals surface area contributed by atoms with Crippen LogP contribution in [0.2, 0.25) is 0 Å². The van der Waals surface area contributed by atoms with Gasteiger partial charge in [-0.25, -0.2) is 0 Å². The highest BCUT2D eigenvalue weighted by Gasteiger charge is 2.30. The van der Waals surface area contributed by atoms with Crippen LogP contribution in [-0.2, 0) is 17.4 Å². The molecule has 1 aromatic heterocycles. The zero-order chi connectivity index (χ0) is 13.9. The van der Waals surface area contributed by atoms with E-state index >= 15 is 0 Å². The van der Waals surface area contributed by atoms with Gasteiger partial charge in [-0.15, -0.1) is 0 Å². The molecule has 0 spiro atoms. The van der Waals surface area contributed by atoms with Crippen LogP contribution >= 0.6 is 0 Å². The number of benzene rings is 1. The second-order valence-corrected chi connectivity index (χ2v) is 3.88. The van der Waals surface area contributed by atoms with Crippen molar-refractivity contribution in [2.75, 3.05) is 5.32 Å². The van der Waals surface area contributed by atoms with Crippen molar-refractivity contribution in [3.05, 3.63) is 54.0 Å². The van der Waals surface area contributed by atoms with E-state index in [-0.39, 0.29) is 12.1 Å². The number of anilines is 1. The third-order valence-corrected chi connectivity index (χ3v) is 2.39. The average Bonchev–Trinajstić information content (AvgIpc) is 2.80. The van der Waals surface area contributed by atoms with Gasteiger partial charge in [0.05, 0.1) is 18.2 Å². The molecule has 0 radical (unpaired) electrons. The number of hydrogen-bond donors (Lipinski definition) is 1. The van der Waals surface area contributed by atoms with Crippen LogP contribution < -0.4 is 5.32 Å². The van der Waals surface area contributed by atoms with Crippen molar-refractivity contribution in [1.29, 1.82) is 0 Å². The van der Waals surface area contributed by atoms with E-state index in [0.29, 0.717) is 5.76 Å². The van der Waals surface area contributed by atoms with Crippen molar-refractivity contribution >= 4 is 11.6 Å². The highest BCUT2D eigenvalue weighted by Crippen LogP contribution is 2.30. The molecule has 0 aliphatic carbocycles. The molecule has 2 rings (SSSR count). The number of halogens is 3. The van der Waals surface area contributed by atoms with Crippen LogP contribution in [0.4, 0.5) is 18.9 Å². The van der Waals surface area contributed by atoms with Crippen molar-refractivity contribution in [1.82, 2.24) is 0 Å². The zero-order valence-electron chi connectivity index (χ0n) is 9.70. The number of alkyl halides is 3. The molecule has 0 aliphatic heterocycles. The van der Waals surface area contributed by atoms with Crippen molar-refractivity contribution in [2.45, 2.75) is 12.6 Å². The van der Waals surface area contributed by atoms with Gasteiger partial charge < -0.3 is 9.73 Å². The van der Waals surface area contributed by atoms with Crippen LogP contribution in [0.25, 0.3) is 0 Å². The molecule has 0 atom stereocenters. The van der Waals surface area contributed by atoms with E-state index in [1.807, 2.05) is 0 Å². The Kier molecular flexibility index (Phi) is 3.59. The van der Waals surface area contributed by atoms with Crippen LogP contribution in [0.15, 0.2) is 47.1 Å². The number of carbonyl (C=O) groups is 1. The zero-order valence-corrected chi connectivity index (χ0v) is 9.70. The Morgan fingerprint density at radius 1 is 1.21 bits per heavy atom. The topological polar surface area (TPSA) is 42.2 Å². The molecule has 0 saturated heterocycles. The summed E-state index contributed by atoms with van der Waals surface area (Å²) in [5.41, 5.74) is -0.699. The predicted octanol–water partition coefficient (Wildman–Crippen LogP) is 3.48. The van der Waals surface area contributed by atoms with Crippen LogP contribution in [0, 0.1) is 0 Å². The lowest BCUT2D eigenvalue weighted by Crippen LogP contribution is -2.14. The standard InChI is InChI=1S/C13H10F3NO2/c14-13(15,16)9-3-1-4-10(7-9)17-12(18)8-11-5-2-6-19-11/h1-7H,8H2,(H,17,18). The minimum Gasteiger partial charge on any atom is -0.469 e. The lowest BCUT2D eigenvalue weighted by atomic mass is 10.2. The van der Waals surface area contributed by atoms with E-state index < -0.39 is 17.6 Å². The molecule has 3 nitrogen and oxygen atoms in total. The molecule has 2 aromatic rings. The number of hydrogen-bond acceptors (Lipinski definition) is 2. The van der Waals surface area contributed by atoms with Crippen LogP contribution in [0.5, 0.6) is 0 Å².